The lowest BCUT2D eigenvalue weighted by molar-refractivity contribution is -0.0152. The van der Waals surface area contributed by atoms with Crippen molar-refractivity contribution in [1.82, 2.24) is 15.3 Å². The average Bonchev–Trinajstić information content (AvgIpc) is 2.70. The van der Waals surface area contributed by atoms with Crippen molar-refractivity contribution in [1.29, 1.82) is 0 Å². The number of nitrogens with one attached hydrogen (secondary N) is 2. The highest BCUT2D eigenvalue weighted by atomic mass is 19.1. The zero-order valence-electron chi connectivity index (χ0n) is 14.9. The second-order valence-corrected chi connectivity index (χ2v) is 6.50. The van der Waals surface area contributed by atoms with Crippen molar-refractivity contribution in [2.45, 2.75) is 18.6 Å². The quantitative estimate of drug-likeness (QED) is 0.719. The van der Waals surface area contributed by atoms with Gasteiger partial charge in [0.05, 0.1) is 18.2 Å². The van der Waals surface area contributed by atoms with Gasteiger partial charge in [0, 0.05) is 35.8 Å². The number of aromatic amines is 1. The number of amides is 1. The fourth-order valence-electron chi connectivity index (χ4n) is 3.22. The molecule has 0 aliphatic carbocycles. The van der Waals surface area contributed by atoms with Crippen LogP contribution in [0.4, 0.5) is 4.39 Å². The molecule has 4 rings (SSSR count). The van der Waals surface area contributed by atoms with Gasteiger partial charge >= 0.3 is 0 Å². The molecule has 144 valence electrons. The molecule has 1 aliphatic heterocycles. The lowest BCUT2D eigenvalue weighted by Gasteiger charge is -2.32. The summed E-state index contributed by atoms with van der Waals surface area (Å²) in [5, 5.41) is 3.24. The number of pyridine rings is 2. The molecule has 3 heterocycles. The summed E-state index contributed by atoms with van der Waals surface area (Å²) in [5.41, 5.74) is 0.0752. The van der Waals surface area contributed by atoms with Crippen LogP contribution in [0.5, 0.6) is 5.88 Å². The molecule has 2 aromatic heterocycles. The van der Waals surface area contributed by atoms with Crippen LogP contribution in [0.2, 0.25) is 0 Å². The molecular weight excluding hydrogens is 365 g/mol. The molecule has 0 spiro atoms. The molecule has 3 aromatic rings. The second-order valence-electron chi connectivity index (χ2n) is 6.50. The molecule has 7 nitrogen and oxygen atoms in total. The number of nitrogens with zero attached hydrogens (tertiary/aromatic N) is 1. The van der Waals surface area contributed by atoms with Gasteiger partial charge in [-0.1, -0.05) is 6.07 Å². The van der Waals surface area contributed by atoms with Crippen molar-refractivity contribution in [3.63, 3.8) is 0 Å². The van der Waals surface area contributed by atoms with Crippen LogP contribution in [0.25, 0.3) is 10.9 Å². The van der Waals surface area contributed by atoms with Crippen LogP contribution >= 0.6 is 0 Å². The lowest BCUT2D eigenvalue weighted by Crippen LogP contribution is -2.51. The third-order valence-corrected chi connectivity index (χ3v) is 4.58. The van der Waals surface area contributed by atoms with Crippen LogP contribution in [-0.2, 0) is 4.74 Å². The summed E-state index contributed by atoms with van der Waals surface area (Å²) in [6.07, 6.45) is 1.72. The normalized spacial score (nSPS) is 19.3. The first-order valence-corrected chi connectivity index (χ1v) is 8.89. The predicted molar refractivity (Wildman–Crippen MR) is 99.9 cm³/mol. The summed E-state index contributed by atoms with van der Waals surface area (Å²) < 4.78 is 25.0. The molecule has 28 heavy (non-hydrogen) atoms. The number of halogens is 1. The summed E-state index contributed by atoms with van der Waals surface area (Å²) in [5.74, 6) is -0.528. The van der Waals surface area contributed by atoms with E-state index in [1.165, 1.54) is 24.3 Å². The Morgan fingerprint density at radius 1 is 1.29 bits per heavy atom. The summed E-state index contributed by atoms with van der Waals surface area (Å²) in [6, 6.07) is 10.0. The Kier molecular flexibility index (Phi) is 5.03. The zero-order chi connectivity index (χ0) is 19.5. The van der Waals surface area contributed by atoms with Gasteiger partial charge in [0.2, 0.25) is 11.4 Å². The van der Waals surface area contributed by atoms with Gasteiger partial charge in [-0.05, 0) is 30.7 Å². The highest BCUT2D eigenvalue weighted by Crippen LogP contribution is 2.19. The number of carbonyl (C=O) groups excluding carboxylic acids is 1. The number of aromatic nitrogens is 2. The molecule has 1 aliphatic rings. The summed E-state index contributed by atoms with van der Waals surface area (Å²) >= 11 is 0. The number of H-pyrrole nitrogens is 1. The lowest BCUT2D eigenvalue weighted by atomic mass is 10.0. The molecule has 0 bridgehead atoms. The molecule has 1 saturated heterocycles. The van der Waals surface area contributed by atoms with E-state index in [0.717, 1.165) is 0 Å². The van der Waals surface area contributed by atoms with Crippen LogP contribution in [0.1, 0.15) is 16.8 Å². The molecule has 1 amide bonds. The van der Waals surface area contributed by atoms with Crippen molar-refractivity contribution in [3.05, 3.63) is 70.4 Å². The number of hydrogen-bond acceptors (Lipinski definition) is 5. The van der Waals surface area contributed by atoms with Crippen molar-refractivity contribution in [2.75, 3.05) is 13.2 Å². The smallest absolute Gasteiger partial charge is 0.252 e. The van der Waals surface area contributed by atoms with Gasteiger partial charge in [-0.15, -0.1) is 0 Å². The predicted octanol–water partition coefficient (Wildman–Crippen LogP) is 2.03. The number of carbonyl (C=O) groups is 1. The number of hydrogen-bond donors (Lipinski definition) is 2. The summed E-state index contributed by atoms with van der Waals surface area (Å²) in [7, 11) is 0. The Morgan fingerprint density at radius 2 is 2.18 bits per heavy atom. The SMILES string of the molecule is O=C(NC1CCOCC1Oc1ccccn1)c1cc(=O)[nH]c2ccc(F)cc12. The number of ether oxygens (including phenoxy) is 2. The topological polar surface area (TPSA) is 93.3 Å². The molecule has 2 N–H and O–H groups in total. The van der Waals surface area contributed by atoms with Gasteiger partial charge in [0.1, 0.15) is 11.9 Å². The van der Waals surface area contributed by atoms with Crippen LogP contribution in [0.3, 0.4) is 0 Å². The third-order valence-electron chi connectivity index (χ3n) is 4.58. The zero-order valence-corrected chi connectivity index (χ0v) is 14.9. The Balaban J connectivity index is 1.59. The molecule has 0 radical (unpaired) electrons. The number of benzene rings is 1. The molecule has 8 heteroatoms. The van der Waals surface area contributed by atoms with E-state index in [0.29, 0.717) is 36.4 Å². The van der Waals surface area contributed by atoms with E-state index in [-0.39, 0.29) is 11.6 Å². The molecular formula is C20H18FN3O4. The van der Waals surface area contributed by atoms with E-state index in [2.05, 4.69) is 15.3 Å². The Hall–Kier alpha value is -3.26. The fraction of sp³-hybridized carbons (Fsp3) is 0.250. The second kappa shape index (κ2) is 7.77. The van der Waals surface area contributed by atoms with Gasteiger partial charge in [-0.2, -0.15) is 0 Å². The molecule has 1 fully saturated rings. The minimum Gasteiger partial charge on any atom is -0.470 e. The van der Waals surface area contributed by atoms with Gasteiger partial charge in [-0.25, -0.2) is 9.37 Å². The van der Waals surface area contributed by atoms with Crippen molar-refractivity contribution >= 4 is 16.8 Å². The Morgan fingerprint density at radius 3 is 3.00 bits per heavy atom. The monoisotopic (exact) mass is 383 g/mol. The maximum atomic E-state index is 13.7. The molecule has 2 atom stereocenters. The van der Waals surface area contributed by atoms with Gasteiger partial charge in [0.25, 0.3) is 5.91 Å². The van der Waals surface area contributed by atoms with E-state index in [1.807, 2.05) is 0 Å². The van der Waals surface area contributed by atoms with Crippen molar-refractivity contribution in [2.24, 2.45) is 0 Å². The minimum atomic E-state index is -0.490. The van der Waals surface area contributed by atoms with E-state index in [1.54, 1.807) is 24.4 Å². The maximum absolute atomic E-state index is 13.7. The molecule has 2 unspecified atom stereocenters. The Bertz CT molecular complexity index is 1050. The third kappa shape index (κ3) is 3.86. The number of fused-ring (bicyclic) bond motifs is 1. The first kappa shape index (κ1) is 18.1. The highest BCUT2D eigenvalue weighted by Gasteiger charge is 2.30. The summed E-state index contributed by atoms with van der Waals surface area (Å²) in [4.78, 5) is 31.5. The van der Waals surface area contributed by atoms with Crippen molar-refractivity contribution in [3.8, 4) is 5.88 Å². The van der Waals surface area contributed by atoms with Gasteiger partial charge in [-0.3, -0.25) is 9.59 Å². The van der Waals surface area contributed by atoms with Gasteiger partial charge < -0.3 is 19.8 Å². The van der Waals surface area contributed by atoms with Crippen LogP contribution < -0.4 is 15.6 Å². The van der Waals surface area contributed by atoms with E-state index >= 15 is 0 Å². The Labute approximate surface area is 159 Å². The average molecular weight is 383 g/mol. The highest BCUT2D eigenvalue weighted by molar-refractivity contribution is 6.06. The first-order valence-electron chi connectivity index (χ1n) is 8.89. The van der Waals surface area contributed by atoms with Crippen LogP contribution in [0.15, 0.2) is 53.5 Å². The first-order chi connectivity index (χ1) is 13.6. The van der Waals surface area contributed by atoms with E-state index < -0.39 is 23.4 Å². The van der Waals surface area contributed by atoms with Gasteiger partial charge in [0.15, 0.2) is 0 Å². The number of rotatable bonds is 4. The maximum Gasteiger partial charge on any atom is 0.252 e. The minimum absolute atomic E-state index is 0.112. The standard InChI is InChI=1S/C20H18FN3O4/c21-12-4-5-15-13(9-12)14(10-18(25)23-15)20(26)24-16-6-8-27-11-17(16)28-19-3-1-2-7-22-19/h1-5,7,9-10,16-17H,6,8,11H2,(H,23,25)(H,24,26). The van der Waals surface area contributed by atoms with E-state index in [9.17, 15) is 14.0 Å². The largest absolute Gasteiger partial charge is 0.470 e. The summed E-state index contributed by atoms with van der Waals surface area (Å²) in [6.45, 7) is 0.768. The fourth-order valence-corrected chi connectivity index (χ4v) is 3.22. The van der Waals surface area contributed by atoms with Crippen LogP contribution in [0, 0.1) is 5.82 Å². The molecule has 1 aromatic carbocycles. The van der Waals surface area contributed by atoms with Crippen molar-refractivity contribution < 1.29 is 18.7 Å². The molecule has 0 saturated carbocycles. The van der Waals surface area contributed by atoms with E-state index in [4.69, 9.17) is 9.47 Å². The van der Waals surface area contributed by atoms with Crippen LogP contribution in [-0.4, -0.2) is 41.2 Å².